The van der Waals surface area contributed by atoms with Gasteiger partial charge < -0.3 is 4.74 Å². The van der Waals surface area contributed by atoms with E-state index in [1.807, 2.05) is 12.1 Å². The molecule has 0 spiro atoms. The summed E-state index contributed by atoms with van der Waals surface area (Å²) in [6.07, 6.45) is -2.69. The summed E-state index contributed by atoms with van der Waals surface area (Å²) in [5, 5.41) is 2.38. The number of ether oxygens (including phenoxy) is 1. The first-order chi connectivity index (χ1) is 9.39. The molecule has 2 rings (SSSR count). The number of halogens is 3. The molecule has 1 unspecified atom stereocenters. The van der Waals surface area contributed by atoms with Crippen LogP contribution in [-0.4, -0.2) is 25.8 Å². The molecule has 1 aliphatic carbocycles. The molecule has 1 aromatic rings. The number of carbonyl (C=O) groups excluding carboxylic acids is 1. The summed E-state index contributed by atoms with van der Waals surface area (Å²) >= 11 is 0. The van der Waals surface area contributed by atoms with Crippen LogP contribution in [0, 0.1) is 0 Å². The highest BCUT2D eigenvalue weighted by atomic mass is 19.4. The quantitative estimate of drug-likeness (QED) is 0.868. The molecule has 0 saturated carbocycles. The number of hydrogen-bond donors (Lipinski definition) is 1. The molecule has 110 valence electrons. The van der Waals surface area contributed by atoms with Crippen LogP contribution in [0.4, 0.5) is 13.2 Å². The number of benzene rings is 1. The first-order valence-corrected chi connectivity index (χ1v) is 6.38. The van der Waals surface area contributed by atoms with Gasteiger partial charge in [0.1, 0.15) is 5.54 Å². The van der Waals surface area contributed by atoms with Crippen molar-refractivity contribution in [2.45, 2.75) is 31.0 Å². The van der Waals surface area contributed by atoms with Gasteiger partial charge in [-0.15, -0.1) is 0 Å². The number of hydrogen-bond acceptors (Lipinski definition) is 3. The number of fused-ring (bicyclic) bond motifs is 1. The second kappa shape index (κ2) is 5.44. The third kappa shape index (κ3) is 2.80. The molecule has 0 heterocycles. The van der Waals surface area contributed by atoms with Crippen molar-refractivity contribution >= 4 is 5.97 Å². The average molecular weight is 287 g/mol. The predicted molar refractivity (Wildman–Crippen MR) is 67.1 cm³/mol. The Balaban J connectivity index is 2.41. The molecular formula is C14H16F3NO2. The summed E-state index contributed by atoms with van der Waals surface area (Å²) in [6, 6.07) is 7.06. The lowest BCUT2D eigenvalue weighted by Gasteiger charge is -2.37. The van der Waals surface area contributed by atoms with E-state index in [0.717, 1.165) is 12.0 Å². The highest BCUT2D eigenvalue weighted by molar-refractivity contribution is 5.83. The Bertz CT molecular complexity index is 501. The number of carbonyl (C=O) groups is 1. The first kappa shape index (κ1) is 14.8. The fourth-order valence-electron chi connectivity index (χ4n) is 2.73. The second-order valence-corrected chi connectivity index (χ2v) is 4.88. The van der Waals surface area contributed by atoms with Gasteiger partial charge >= 0.3 is 12.1 Å². The molecular weight excluding hydrogens is 271 g/mol. The van der Waals surface area contributed by atoms with E-state index in [1.165, 1.54) is 7.11 Å². The van der Waals surface area contributed by atoms with E-state index in [2.05, 4.69) is 5.32 Å². The molecule has 6 heteroatoms. The van der Waals surface area contributed by atoms with E-state index in [0.29, 0.717) is 18.4 Å². The van der Waals surface area contributed by atoms with Crippen molar-refractivity contribution in [2.24, 2.45) is 0 Å². The van der Waals surface area contributed by atoms with E-state index in [-0.39, 0.29) is 0 Å². The summed E-state index contributed by atoms with van der Waals surface area (Å²) in [6.45, 7) is -1.23. The zero-order chi connectivity index (χ0) is 14.8. The van der Waals surface area contributed by atoms with Crippen molar-refractivity contribution in [1.82, 2.24) is 5.32 Å². The lowest BCUT2D eigenvalue weighted by atomic mass is 9.76. The number of esters is 1. The van der Waals surface area contributed by atoms with Crippen LogP contribution in [0.3, 0.4) is 0 Å². The Hall–Kier alpha value is -1.56. The fourth-order valence-corrected chi connectivity index (χ4v) is 2.73. The number of alkyl halides is 3. The van der Waals surface area contributed by atoms with Gasteiger partial charge in [-0.2, -0.15) is 13.2 Å². The highest BCUT2D eigenvalue weighted by Crippen LogP contribution is 2.37. The summed E-state index contributed by atoms with van der Waals surface area (Å²) in [7, 11) is 1.19. The molecule has 0 saturated heterocycles. The van der Waals surface area contributed by atoms with Crippen LogP contribution >= 0.6 is 0 Å². The Morgan fingerprint density at radius 2 is 2.10 bits per heavy atom. The number of rotatable bonds is 3. The van der Waals surface area contributed by atoms with Crippen LogP contribution in [0.5, 0.6) is 0 Å². The molecule has 0 aliphatic heterocycles. The summed E-state index contributed by atoms with van der Waals surface area (Å²) in [4.78, 5) is 12.1. The Labute approximate surface area is 115 Å². The van der Waals surface area contributed by atoms with Crippen LogP contribution in [0.2, 0.25) is 0 Å². The van der Waals surface area contributed by atoms with Crippen molar-refractivity contribution in [3.8, 4) is 0 Å². The summed E-state index contributed by atoms with van der Waals surface area (Å²) in [5.74, 6) is -0.672. The lowest BCUT2D eigenvalue weighted by molar-refractivity contribution is -0.155. The van der Waals surface area contributed by atoms with E-state index in [1.54, 1.807) is 12.1 Å². The van der Waals surface area contributed by atoms with E-state index in [4.69, 9.17) is 4.74 Å². The normalized spacial score (nSPS) is 22.2. The SMILES string of the molecule is COC(=O)C1(NCC(F)(F)F)CCCc2ccccc21. The zero-order valence-electron chi connectivity index (χ0n) is 11.1. The van der Waals surface area contributed by atoms with Gasteiger partial charge in [-0.05, 0) is 30.4 Å². The Morgan fingerprint density at radius 3 is 2.75 bits per heavy atom. The van der Waals surface area contributed by atoms with Gasteiger partial charge in [-0.1, -0.05) is 24.3 Å². The fraction of sp³-hybridized carbons (Fsp3) is 0.500. The molecule has 0 radical (unpaired) electrons. The molecule has 0 bridgehead atoms. The van der Waals surface area contributed by atoms with Crippen molar-refractivity contribution in [3.63, 3.8) is 0 Å². The van der Waals surface area contributed by atoms with Gasteiger partial charge in [0.05, 0.1) is 13.7 Å². The maximum absolute atomic E-state index is 12.5. The van der Waals surface area contributed by atoms with E-state index >= 15 is 0 Å². The predicted octanol–water partition coefficient (Wildman–Crippen LogP) is 2.54. The molecule has 1 aliphatic rings. The Kier molecular flexibility index (Phi) is 4.04. The minimum absolute atomic E-state index is 0.298. The van der Waals surface area contributed by atoms with Crippen molar-refractivity contribution in [3.05, 3.63) is 35.4 Å². The number of nitrogens with one attached hydrogen (secondary N) is 1. The minimum atomic E-state index is -4.38. The number of methoxy groups -OCH3 is 1. The van der Waals surface area contributed by atoms with Crippen molar-refractivity contribution in [2.75, 3.05) is 13.7 Å². The van der Waals surface area contributed by atoms with Gasteiger partial charge in [0.15, 0.2) is 0 Å². The van der Waals surface area contributed by atoms with Crippen molar-refractivity contribution < 1.29 is 22.7 Å². The molecule has 3 nitrogen and oxygen atoms in total. The third-order valence-corrected chi connectivity index (χ3v) is 3.60. The first-order valence-electron chi connectivity index (χ1n) is 6.38. The monoisotopic (exact) mass is 287 g/mol. The standard InChI is InChI=1S/C14H16F3NO2/c1-20-12(19)13(18-9-14(15,16)17)8-4-6-10-5-2-3-7-11(10)13/h2-3,5,7,18H,4,6,8-9H2,1H3. The molecule has 1 N–H and O–H groups in total. The second-order valence-electron chi connectivity index (χ2n) is 4.88. The largest absolute Gasteiger partial charge is 0.467 e. The van der Waals surface area contributed by atoms with Gasteiger partial charge in [0.25, 0.3) is 0 Å². The summed E-state index contributed by atoms with van der Waals surface area (Å²) < 4.78 is 42.3. The van der Waals surface area contributed by atoms with Crippen LogP contribution < -0.4 is 5.32 Å². The molecule has 20 heavy (non-hydrogen) atoms. The lowest BCUT2D eigenvalue weighted by Crippen LogP contribution is -2.54. The Morgan fingerprint density at radius 1 is 1.40 bits per heavy atom. The molecule has 1 aromatic carbocycles. The maximum Gasteiger partial charge on any atom is 0.401 e. The summed E-state index contributed by atoms with van der Waals surface area (Å²) in [5.41, 5.74) is 0.0697. The third-order valence-electron chi connectivity index (χ3n) is 3.60. The molecule has 0 amide bonds. The molecule has 1 atom stereocenters. The van der Waals surface area contributed by atoms with Gasteiger partial charge in [-0.3, -0.25) is 5.32 Å². The van der Waals surface area contributed by atoms with Crippen molar-refractivity contribution in [1.29, 1.82) is 0 Å². The van der Waals surface area contributed by atoms with Crippen LogP contribution in [-0.2, 0) is 21.5 Å². The topological polar surface area (TPSA) is 38.3 Å². The zero-order valence-corrected chi connectivity index (χ0v) is 11.1. The van der Waals surface area contributed by atoms with Gasteiger partial charge in [-0.25, -0.2) is 4.79 Å². The van der Waals surface area contributed by atoms with Crippen LogP contribution in [0.25, 0.3) is 0 Å². The smallest absolute Gasteiger partial charge is 0.401 e. The maximum atomic E-state index is 12.5. The van der Waals surface area contributed by atoms with E-state index in [9.17, 15) is 18.0 Å². The highest BCUT2D eigenvalue weighted by Gasteiger charge is 2.46. The van der Waals surface area contributed by atoms with Gasteiger partial charge in [0.2, 0.25) is 0 Å². The van der Waals surface area contributed by atoms with E-state index < -0.39 is 24.2 Å². The number of aryl methyl sites for hydroxylation is 1. The van der Waals surface area contributed by atoms with Crippen LogP contribution in [0.15, 0.2) is 24.3 Å². The molecule has 0 fully saturated rings. The average Bonchev–Trinajstić information content (AvgIpc) is 2.43. The van der Waals surface area contributed by atoms with Gasteiger partial charge in [0, 0.05) is 0 Å². The van der Waals surface area contributed by atoms with Crippen LogP contribution in [0.1, 0.15) is 24.0 Å². The molecule has 0 aromatic heterocycles. The minimum Gasteiger partial charge on any atom is -0.467 e.